The molecule has 110 valence electrons. The Labute approximate surface area is 124 Å². The van der Waals surface area contributed by atoms with Crippen molar-refractivity contribution >= 4 is 17.3 Å². The van der Waals surface area contributed by atoms with Gasteiger partial charge in [-0.1, -0.05) is 17.7 Å². The maximum atomic E-state index is 11.9. The van der Waals surface area contributed by atoms with Gasteiger partial charge < -0.3 is 15.8 Å². The summed E-state index contributed by atoms with van der Waals surface area (Å²) in [5, 5.41) is 2.85. The van der Waals surface area contributed by atoms with E-state index < -0.39 is 0 Å². The van der Waals surface area contributed by atoms with Gasteiger partial charge in [-0.2, -0.15) is 0 Å². The van der Waals surface area contributed by atoms with E-state index in [4.69, 9.17) is 10.5 Å². The van der Waals surface area contributed by atoms with Crippen LogP contribution in [0.3, 0.4) is 0 Å². The van der Waals surface area contributed by atoms with Crippen LogP contribution < -0.4 is 15.8 Å². The SMILES string of the molecule is Cc1ccc(NC(=O)COc2ccc(N)cc2C)c(C)c1. The Hall–Kier alpha value is -2.49. The molecule has 2 aromatic rings. The molecule has 0 bridgehead atoms. The predicted molar refractivity (Wildman–Crippen MR) is 85.6 cm³/mol. The van der Waals surface area contributed by atoms with Gasteiger partial charge in [0.25, 0.3) is 5.91 Å². The van der Waals surface area contributed by atoms with Crippen molar-refractivity contribution in [3.8, 4) is 5.75 Å². The number of nitrogens with one attached hydrogen (secondary N) is 1. The molecule has 4 nitrogen and oxygen atoms in total. The first-order valence-corrected chi connectivity index (χ1v) is 6.82. The van der Waals surface area contributed by atoms with Crippen molar-refractivity contribution in [2.45, 2.75) is 20.8 Å². The number of aryl methyl sites for hydroxylation is 3. The van der Waals surface area contributed by atoms with Crippen LogP contribution in [-0.4, -0.2) is 12.5 Å². The first-order valence-electron chi connectivity index (χ1n) is 6.82. The summed E-state index contributed by atoms with van der Waals surface area (Å²) in [6.07, 6.45) is 0. The molecule has 0 fully saturated rings. The Morgan fingerprint density at radius 2 is 1.86 bits per heavy atom. The number of carbonyl (C=O) groups is 1. The van der Waals surface area contributed by atoms with Crippen molar-refractivity contribution in [3.05, 3.63) is 53.1 Å². The van der Waals surface area contributed by atoms with Gasteiger partial charge >= 0.3 is 0 Å². The molecule has 0 atom stereocenters. The molecule has 2 rings (SSSR count). The number of amides is 1. The van der Waals surface area contributed by atoms with E-state index in [0.717, 1.165) is 16.8 Å². The van der Waals surface area contributed by atoms with Crippen molar-refractivity contribution < 1.29 is 9.53 Å². The van der Waals surface area contributed by atoms with Crippen LogP contribution in [0.25, 0.3) is 0 Å². The second kappa shape index (κ2) is 6.31. The predicted octanol–water partition coefficient (Wildman–Crippen LogP) is 3.21. The summed E-state index contributed by atoms with van der Waals surface area (Å²) >= 11 is 0. The van der Waals surface area contributed by atoms with E-state index >= 15 is 0 Å². The summed E-state index contributed by atoms with van der Waals surface area (Å²) in [7, 11) is 0. The molecule has 0 saturated carbocycles. The molecule has 0 radical (unpaired) electrons. The average molecular weight is 284 g/mol. The zero-order chi connectivity index (χ0) is 15.4. The van der Waals surface area contributed by atoms with Crippen LogP contribution in [0.5, 0.6) is 5.75 Å². The minimum atomic E-state index is -0.182. The Morgan fingerprint density at radius 1 is 1.10 bits per heavy atom. The summed E-state index contributed by atoms with van der Waals surface area (Å²) in [6.45, 7) is 5.85. The lowest BCUT2D eigenvalue weighted by Gasteiger charge is -2.11. The quantitative estimate of drug-likeness (QED) is 0.847. The highest BCUT2D eigenvalue weighted by atomic mass is 16.5. The van der Waals surface area contributed by atoms with Crippen molar-refractivity contribution in [2.24, 2.45) is 0 Å². The van der Waals surface area contributed by atoms with Crippen LogP contribution in [-0.2, 0) is 4.79 Å². The maximum absolute atomic E-state index is 11.9. The van der Waals surface area contributed by atoms with Gasteiger partial charge in [0.05, 0.1) is 0 Å². The molecule has 0 saturated heterocycles. The molecule has 0 aliphatic rings. The first kappa shape index (κ1) is 14.9. The van der Waals surface area contributed by atoms with E-state index in [-0.39, 0.29) is 12.5 Å². The molecule has 0 aliphatic heterocycles. The Balaban J connectivity index is 1.96. The molecule has 0 aliphatic carbocycles. The van der Waals surface area contributed by atoms with Gasteiger partial charge in [0.1, 0.15) is 5.75 Å². The van der Waals surface area contributed by atoms with Gasteiger partial charge in [0.2, 0.25) is 0 Å². The zero-order valence-corrected chi connectivity index (χ0v) is 12.6. The highest BCUT2D eigenvalue weighted by molar-refractivity contribution is 5.92. The molecule has 0 spiro atoms. The van der Waals surface area contributed by atoms with Crippen LogP contribution in [0.4, 0.5) is 11.4 Å². The summed E-state index contributed by atoms with van der Waals surface area (Å²) in [5.74, 6) is 0.484. The van der Waals surface area contributed by atoms with Crippen molar-refractivity contribution in [3.63, 3.8) is 0 Å². The summed E-state index contributed by atoms with van der Waals surface area (Å²) in [4.78, 5) is 11.9. The van der Waals surface area contributed by atoms with Crippen LogP contribution in [0.1, 0.15) is 16.7 Å². The van der Waals surface area contributed by atoms with Crippen LogP contribution in [0.2, 0.25) is 0 Å². The highest BCUT2D eigenvalue weighted by Gasteiger charge is 2.07. The molecule has 0 unspecified atom stereocenters. The molecular weight excluding hydrogens is 264 g/mol. The lowest BCUT2D eigenvalue weighted by Crippen LogP contribution is -2.20. The third-order valence-corrected chi connectivity index (χ3v) is 3.21. The summed E-state index contributed by atoms with van der Waals surface area (Å²) in [6, 6.07) is 11.2. The van der Waals surface area contributed by atoms with Crippen molar-refractivity contribution in [1.29, 1.82) is 0 Å². The second-order valence-corrected chi connectivity index (χ2v) is 5.18. The topological polar surface area (TPSA) is 64.3 Å². The largest absolute Gasteiger partial charge is 0.483 e. The smallest absolute Gasteiger partial charge is 0.262 e. The van der Waals surface area contributed by atoms with Gasteiger partial charge in [-0.05, 0) is 56.2 Å². The average Bonchev–Trinajstić information content (AvgIpc) is 2.41. The van der Waals surface area contributed by atoms with E-state index in [1.54, 1.807) is 12.1 Å². The highest BCUT2D eigenvalue weighted by Crippen LogP contribution is 2.20. The van der Waals surface area contributed by atoms with Gasteiger partial charge in [-0.25, -0.2) is 0 Å². The van der Waals surface area contributed by atoms with Gasteiger partial charge in [0.15, 0.2) is 6.61 Å². The molecule has 3 N–H and O–H groups in total. The summed E-state index contributed by atoms with van der Waals surface area (Å²) in [5.41, 5.74) is 10.3. The zero-order valence-electron chi connectivity index (χ0n) is 12.6. The fourth-order valence-corrected chi connectivity index (χ4v) is 2.12. The Bertz CT molecular complexity index is 666. The number of anilines is 2. The van der Waals surface area contributed by atoms with E-state index in [9.17, 15) is 4.79 Å². The third kappa shape index (κ3) is 3.99. The van der Waals surface area contributed by atoms with E-state index in [0.29, 0.717) is 11.4 Å². The second-order valence-electron chi connectivity index (χ2n) is 5.18. The first-order chi connectivity index (χ1) is 9.95. The van der Waals surface area contributed by atoms with Gasteiger partial charge in [0, 0.05) is 11.4 Å². The number of ether oxygens (including phenoxy) is 1. The normalized spacial score (nSPS) is 10.2. The Morgan fingerprint density at radius 3 is 2.52 bits per heavy atom. The number of hydrogen-bond acceptors (Lipinski definition) is 3. The van der Waals surface area contributed by atoms with Gasteiger partial charge in [-0.3, -0.25) is 4.79 Å². The molecular formula is C17H20N2O2. The number of carbonyl (C=O) groups excluding carboxylic acids is 1. The molecule has 0 heterocycles. The number of rotatable bonds is 4. The maximum Gasteiger partial charge on any atom is 0.262 e. The fourth-order valence-electron chi connectivity index (χ4n) is 2.12. The molecule has 1 amide bonds. The molecule has 4 heteroatoms. The lowest BCUT2D eigenvalue weighted by molar-refractivity contribution is -0.118. The lowest BCUT2D eigenvalue weighted by atomic mass is 10.1. The van der Waals surface area contributed by atoms with Crippen molar-refractivity contribution in [2.75, 3.05) is 17.7 Å². The monoisotopic (exact) mass is 284 g/mol. The minimum absolute atomic E-state index is 0.0297. The number of nitrogen functional groups attached to an aromatic ring is 1. The molecule has 2 aromatic carbocycles. The Kier molecular flexibility index (Phi) is 4.48. The van der Waals surface area contributed by atoms with Crippen LogP contribution in [0.15, 0.2) is 36.4 Å². The van der Waals surface area contributed by atoms with E-state index in [1.165, 1.54) is 5.56 Å². The fraction of sp³-hybridized carbons (Fsp3) is 0.235. The van der Waals surface area contributed by atoms with Crippen molar-refractivity contribution in [1.82, 2.24) is 0 Å². The van der Waals surface area contributed by atoms with E-state index in [2.05, 4.69) is 5.32 Å². The standard InChI is InChI=1S/C17H20N2O2/c1-11-4-6-15(12(2)8-11)19-17(20)10-21-16-7-5-14(18)9-13(16)3/h4-9H,10,18H2,1-3H3,(H,19,20). The van der Waals surface area contributed by atoms with Gasteiger partial charge in [-0.15, -0.1) is 0 Å². The molecule has 0 aromatic heterocycles. The number of hydrogen-bond donors (Lipinski definition) is 2. The molecule has 21 heavy (non-hydrogen) atoms. The number of nitrogens with two attached hydrogens (primary N) is 1. The minimum Gasteiger partial charge on any atom is -0.483 e. The van der Waals surface area contributed by atoms with Crippen LogP contribution in [0, 0.1) is 20.8 Å². The summed E-state index contributed by atoms with van der Waals surface area (Å²) < 4.78 is 5.52. The van der Waals surface area contributed by atoms with E-state index in [1.807, 2.05) is 45.0 Å². The third-order valence-electron chi connectivity index (χ3n) is 3.21. The number of benzene rings is 2. The van der Waals surface area contributed by atoms with Crippen LogP contribution >= 0.6 is 0 Å².